The van der Waals surface area contributed by atoms with Crippen molar-refractivity contribution in [2.75, 3.05) is 19.6 Å². The first kappa shape index (κ1) is 12.7. The predicted molar refractivity (Wildman–Crippen MR) is 66.9 cm³/mol. The molecule has 4 nitrogen and oxygen atoms in total. The molecule has 0 aromatic heterocycles. The Hall–Kier alpha value is -0.770. The molecule has 17 heavy (non-hydrogen) atoms. The van der Waals surface area contributed by atoms with Gasteiger partial charge in [-0.15, -0.1) is 0 Å². The third-order valence-electron chi connectivity index (χ3n) is 3.76. The van der Waals surface area contributed by atoms with E-state index in [1.165, 1.54) is 12.8 Å². The van der Waals surface area contributed by atoms with Crippen LogP contribution in [0.5, 0.6) is 0 Å². The monoisotopic (exact) mass is 240 g/mol. The van der Waals surface area contributed by atoms with E-state index >= 15 is 0 Å². The molecule has 0 bridgehead atoms. The van der Waals surface area contributed by atoms with Gasteiger partial charge < -0.3 is 15.0 Å². The molecule has 2 rings (SSSR count). The molecule has 0 unspecified atom stereocenters. The number of hydrogen-bond donors (Lipinski definition) is 1. The van der Waals surface area contributed by atoms with Gasteiger partial charge in [-0.3, -0.25) is 0 Å². The minimum absolute atomic E-state index is 0.171. The van der Waals surface area contributed by atoms with Crippen LogP contribution >= 0.6 is 0 Å². The van der Waals surface area contributed by atoms with E-state index in [4.69, 9.17) is 4.74 Å². The molecule has 1 N–H and O–H groups in total. The molecule has 0 radical (unpaired) electrons. The maximum Gasteiger partial charge on any atom is 0.410 e. The zero-order valence-corrected chi connectivity index (χ0v) is 11.4. The number of ether oxygens (including phenoxy) is 1. The van der Waals surface area contributed by atoms with Gasteiger partial charge in [-0.05, 0) is 40.2 Å². The molecule has 98 valence electrons. The summed E-state index contributed by atoms with van der Waals surface area (Å²) in [5.41, 5.74) is -0.172. The number of nitrogens with zero attached hydrogens (tertiary/aromatic N) is 1. The molecule has 0 aromatic rings. The van der Waals surface area contributed by atoms with Gasteiger partial charge >= 0.3 is 6.09 Å². The number of nitrogens with one attached hydrogen (secondary N) is 1. The van der Waals surface area contributed by atoms with Crippen LogP contribution in [0.1, 0.15) is 40.5 Å². The Labute approximate surface area is 104 Å². The third-order valence-corrected chi connectivity index (χ3v) is 3.76. The number of amides is 1. The van der Waals surface area contributed by atoms with Gasteiger partial charge in [0.05, 0.1) is 0 Å². The smallest absolute Gasteiger partial charge is 0.410 e. The van der Waals surface area contributed by atoms with Crippen LogP contribution in [0.25, 0.3) is 0 Å². The Morgan fingerprint density at radius 3 is 2.76 bits per heavy atom. The summed E-state index contributed by atoms with van der Waals surface area (Å²) in [5.74, 6) is 0. The first-order chi connectivity index (χ1) is 7.80. The highest BCUT2D eigenvalue weighted by Crippen LogP contribution is 2.37. The molecule has 0 saturated carbocycles. The van der Waals surface area contributed by atoms with E-state index in [2.05, 4.69) is 12.2 Å². The highest BCUT2D eigenvalue weighted by atomic mass is 16.6. The highest BCUT2D eigenvalue weighted by Gasteiger charge is 2.46. The topological polar surface area (TPSA) is 41.6 Å². The van der Waals surface area contributed by atoms with Crippen LogP contribution in [0.3, 0.4) is 0 Å². The largest absolute Gasteiger partial charge is 0.444 e. The molecule has 2 fully saturated rings. The average Bonchev–Trinajstić information content (AvgIpc) is 2.52. The van der Waals surface area contributed by atoms with Crippen molar-refractivity contribution in [1.29, 1.82) is 0 Å². The van der Waals surface area contributed by atoms with E-state index < -0.39 is 5.60 Å². The summed E-state index contributed by atoms with van der Waals surface area (Å²) in [6.07, 6.45) is 2.23. The molecule has 2 aliphatic heterocycles. The minimum atomic E-state index is -0.404. The number of hydrogen-bond acceptors (Lipinski definition) is 3. The zero-order valence-electron chi connectivity index (χ0n) is 11.4. The Bertz CT molecular complexity index is 311. The lowest BCUT2D eigenvalue weighted by atomic mass is 9.78. The van der Waals surface area contributed by atoms with Crippen LogP contribution in [0.2, 0.25) is 0 Å². The second-order valence-electron chi connectivity index (χ2n) is 6.63. The van der Waals surface area contributed by atoms with E-state index in [0.717, 1.165) is 19.6 Å². The molecular formula is C13H24N2O2. The van der Waals surface area contributed by atoms with Gasteiger partial charge in [0.15, 0.2) is 0 Å². The highest BCUT2D eigenvalue weighted by molar-refractivity contribution is 5.68. The molecule has 2 saturated heterocycles. The van der Waals surface area contributed by atoms with Gasteiger partial charge in [-0.1, -0.05) is 6.92 Å². The van der Waals surface area contributed by atoms with Crippen LogP contribution in [0.15, 0.2) is 0 Å². The lowest BCUT2D eigenvalue weighted by Gasteiger charge is -2.35. The van der Waals surface area contributed by atoms with E-state index in [0.29, 0.717) is 6.04 Å². The molecule has 0 aromatic carbocycles. The Balaban J connectivity index is 1.99. The van der Waals surface area contributed by atoms with Gasteiger partial charge in [0.1, 0.15) is 5.60 Å². The second-order valence-corrected chi connectivity index (χ2v) is 6.63. The van der Waals surface area contributed by atoms with Crippen molar-refractivity contribution >= 4 is 6.09 Å². The van der Waals surface area contributed by atoms with Crippen LogP contribution < -0.4 is 5.32 Å². The molecule has 2 atom stereocenters. The predicted octanol–water partition coefficient (Wildman–Crippen LogP) is 2.00. The van der Waals surface area contributed by atoms with Crippen molar-refractivity contribution in [2.24, 2.45) is 5.41 Å². The minimum Gasteiger partial charge on any atom is -0.444 e. The van der Waals surface area contributed by atoms with Gasteiger partial charge in [0.25, 0.3) is 0 Å². The van der Waals surface area contributed by atoms with E-state index in [9.17, 15) is 4.79 Å². The van der Waals surface area contributed by atoms with Gasteiger partial charge in [0, 0.05) is 24.5 Å². The molecular weight excluding hydrogens is 216 g/mol. The van der Waals surface area contributed by atoms with Crippen molar-refractivity contribution < 1.29 is 9.53 Å². The first-order valence-electron chi connectivity index (χ1n) is 6.51. The number of likely N-dealkylation sites (tertiary alicyclic amines) is 1. The molecule has 0 spiro atoms. The van der Waals surface area contributed by atoms with Crippen LogP contribution in [-0.4, -0.2) is 42.3 Å². The number of piperidine rings is 1. The summed E-state index contributed by atoms with van der Waals surface area (Å²) in [4.78, 5) is 13.9. The van der Waals surface area contributed by atoms with Crippen molar-refractivity contribution in [2.45, 2.75) is 52.2 Å². The molecule has 4 heteroatoms. The van der Waals surface area contributed by atoms with Gasteiger partial charge in [0.2, 0.25) is 0 Å². The fraction of sp³-hybridized carbons (Fsp3) is 0.923. The van der Waals surface area contributed by atoms with E-state index in [1.54, 1.807) is 0 Å². The molecule has 1 amide bonds. The maximum absolute atomic E-state index is 12.0. The summed E-state index contributed by atoms with van der Waals surface area (Å²) in [7, 11) is 0. The van der Waals surface area contributed by atoms with E-state index in [1.807, 2.05) is 25.7 Å². The lowest BCUT2D eigenvalue weighted by Crippen LogP contribution is -2.47. The fourth-order valence-corrected chi connectivity index (χ4v) is 2.85. The standard InChI is InChI=1S/C13H24N2O2/c1-12(2,3)17-11(16)15-8-10-13(4,9-15)6-5-7-14-10/h10,14H,5-9H2,1-4H3/t10-,13+/m1/s1. The normalized spacial score (nSPS) is 33.4. The van der Waals surface area contributed by atoms with Crippen LogP contribution in [0.4, 0.5) is 4.79 Å². The Morgan fingerprint density at radius 2 is 2.18 bits per heavy atom. The fourth-order valence-electron chi connectivity index (χ4n) is 2.85. The summed E-state index contributed by atoms with van der Waals surface area (Å²) in [6.45, 7) is 10.7. The molecule has 2 heterocycles. The summed E-state index contributed by atoms with van der Waals surface area (Å²) < 4.78 is 5.43. The maximum atomic E-state index is 12.0. The Morgan fingerprint density at radius 1 is 1.47 bits per heavy atom. The van der Waals surface area contributed by atoms with Crippen molar-refractivity contribution in [3.05, 3.63) is 0 Å². The first-order valence-corrected chi connectivity index (χ1v) is 6.51. The van der Waals surface area contributed by atoms with Gasteiger partial charge in [-0.2, -0.15) is 0 Å². The number of rotatable bonds is 0. The molecule has 0 aliphatic carbocycles. The van der Waals surface area contributed by atoms with Gasteiger partial charge in [-0.25, -0.2) is 4.79 Å². The lowest BCUT2D eigenvalue weighted by molar-refractivity contribution is 0.0274. The second kappa shape index (κ2) is 4.16. The van der Waals surface area contributed by atoms with Crippen LogP contribution in [-0.2, 0) is 4.74 Å². The van der Waals surface area contributed by atoms with Crippen molar-refractivity contribution in [3.63, 3.8) is 0 Å². The number of carbonyl (C=O) groups is 1. The van der Waals surface area contributed by atoms with E-state index in [-0.39, 0.29) is 11.5 Å². The SMILES string of the molecule is CC(C)(C)OC(=O)N1C[C@H]2NCCC[C@@]2(C)C1. The van der Waals surface area contributed by atoms with Crippen molar-refractivity contribution in [3.8, 4) is 0 Å². The van der Waals surface area contributed by atoms with Crippen molar-refractivity contribution in [1.82, 2.24) is 10.2 Å². The summed E-state index contributed by atoms with van der Waals surface area (Å²) in [6, 6.07) is 0.434. The summed E-state index contributed by atoms with van der Waals surface area (Å²) >= 11 is 0. The number of fused-ring (bicyclic) bond motifs is 1. The zero-order chi connectivity index (χ0) is 12.7. The number of carbonyl (C=O) groups excluding carboxylic acids is 1. The quantitative estimate of drug-likeness (QED) is 0.704. The average molecular weight is 240 g/mol. The van der Waals surface area contributed by atoms with Crippen LogP contribution in [0, 0.1) is 5.41 Å². The molecule has 2 aliphatic rings. The summed E-state index contributed by atoms with van der Waals surface area (Å²) in [5, 5.41) is 3.52. The Kier molecular flexibility index (Phi) is 3.10. The third kappa shape index (κ3) is 2.73.